The van der Waals surface area contributed by atoms with Gasteiger partial charge in [0.05, 0.1) is 0 Å². The molecule has 2 N–H and O–H groups in total. The lowest BCUT2D eigenvalue weighted by atomic mass is 10.0. The normalized spacial score (nSPS) is 17.1. The predicted molar refractivity (Wildman–Crippen MR) is 61.3 cm³/mol. The number of nitrogens with two attached hydrogens (primary N) is 1. The highest BCUT2D eigenvalue weighted by Gasteiger charge is 2.16. The molecule has 0 radical (unpaired) electrons. The lowest BCUT2D eigenvalue weighted by Crippen LogP contribution is -2.06. The Balaban J connectivity index is 2.15. The molecule has 1 aromatic rings. The molecule has 0 fully saturated rings. The molecular formula is C13H11NO. The van der Waals surface area contributed by atoms with Crippen molar-refractivity contribution in [2.75, 3.05) is 5.73 Å². The van der Waals surface area contributed by atoms with E-state index in [2.05, 4.69) is 24.3 Å². The van der Waals surface area contributed by atoms with Gasteiger partial charge in [0.25, 0.3) is 0 Å². The molecule has 0 saturated heterocycles. The Morgan fingerprint density at radius 3 is 3.13 bits per heavy atom. The van der Waals surface area contributed by atoms with E-state index in [9.17, 15) is 0 Å². The van der Waals surface area contributed by atoms with Gasteiger partial charge in [-0.25, -0.2) is 0 Å². The molecular weight excluding hydrogens is 186 g/mol. The SMILES string of the molecule is Nc1ccc2c(c1)OC1=CCC=CC1=C2. The van der Waals surface area contributed by atoms with Crippen molar-refractivity contribution in [3.05, 3.63) is 53.3 Å². The van der Waals surface area contributed by atoms with Crippen LogP contribution in [0.25, 0.3) is 6.08 Å². The third-order valence-corrected chi connectivity index (χ3v) is 2.59. The van der Waals surface area contributed by atoms with Gasteiger partial charge in [0.15, 0.2) is 0 Å². The van der Waals surface area contributed by atoms with Gasteiger partial charge in [-0.05, 0) is 30.7 Å². The van der Waals surface area contributed by atoms with Crippen LogP contribution < -0.4 is 10.5 Å². The van der Waals surface area contributed by atoms with E-state index in [0.717, 1.165) is 34.8 Å². The van der Waals surface area contributed by atoms with Crippen molar-refractivity contribution >= 4 is 11.8 Å². The van der Waals surface area contributed by atoms with Crippen LogP contribution in [0.4, 0.5) is 5.69 Å². The number of ether oxygens (including phenoxy) is 1. The molecule has 0 unspecified atom stereocenters. The van der Waals surface area contributed by atoms with Crippen LogP contribution in [-0.2, 0) is 0 Å². The zero-order valence-electron chi connectivity index (χ0n) is 8.23. The van der Waals surface area contributed by atoms with E-state index in [4.69, 9.17) is 10.5 Å². The third-order valence-electron chi connectivity index (χ3n) is 2.59. The van der Waals surface area contributed by atoms with Crippen LogP contribution >= 0.6 is 0 Å². The summed E-state index contributed by atoms with van der Waals surface area (Å²) in [4.78, 5) is 0. The maximum Gasteiger partial charge on any atom is 0.136 e. The zero-order chi connectivity index (χ0) is 10.3. The first kappa shape index (κ1) is 8.36. The standard InChI is InChI=1S/C13H11NO/c14-11-6-5-10-7-9-3-1-2-4-12(9)15-13(10)8-11/h1,3-8H,2,14H2. The van der Waals surface area contributed by atoms with Gasteiger partial charge in [0, 0.05) is 22.9 Å². The maximum atomic E-state index is 5.78. The summed E-state index contributed by atoms with van der Waals surface area (Å²) in [5.74, 6) is 1.79. The first-order valence-electron chi connectivity index (χ1n) is 4.99. The highest BCUT2D eigenvalue weighted by Crippen LogP contribution is 2.34. The minimum atomic E-state index is 0.734. The molecule has 2 aliphatic rings. The minimum Gasteiger partial charge on any atom is -0.456 e. The summed E-state index contributed by atoms with van der Waals surface area (Å²) in [7, 11) is 0. The number of benzene rings is 1. The predicted octanol–water partition coefficient (Wildman–Crippen LogP) is 2.89. The third kappa shape index (κ3) is 1.34. The Morgan fingerprint density at radius 2 is 2.20 bits per heavy atom. The van der Waals surface area contributed by atoms with E-state index >= 15 is 0 Å². The van der Waals surface area contributed by atoms with Gasteiger partial charge in [0.1, 0.15) is 11.5 Å². The maximum absolute atomic E-state index is 5.78. The molecule has 0 atom stereocenters. The second-order valence-electron chi connectivity index (χ2n) is 3.71. The van der Waals surface area contributed by atoms with Crippen molar-refractivity contribution in [2.24, 2.45) is 0 Å². The first-order valence-corrected chi connectivity index (χ1v) is 4.99. The fourth-order valence-corrected chi connectivity index (χ4v) is 1.83. The molecule has 2 nitrogen and oxygen atoms in total. The number of fused-ring (bicyclic) bond motifs is 2. The summed E-state index contributed by atoms with van der Waals surface area (Å²) in [5, 5.41) is 0. The fraction of sp³-hybridized carbons (Fsp3) is 0.0769. The molecule has 1 aliphatic heterocycles. The van der Waals surface area contributed by atoms with Crippen LogP contribution in [0.2, 0.25) is 0 Å². The highest BCUT2D eigenvalue weighted by molar-refractivity contribution is 5.71. The minimum absolute atomic E-state index is 0.734. The Labute approximate surface area is 88.4 Å². The van der Waals surface area contributed by atoms with Crippen molar-refractivity contribution in [1.82, 2.24) is 0 Å². The number of rotatable bonds is 0. The molecule has 0 saturated carbocycles. The topological polar surface area (TPSA) is 35.2 Å². The van der Waals surface area contributed by atoms with E-state index in [-0.39, 0.29) is 0 Å². The number of hydrogen-bond acceptors (Lipinski definition) is 2. The van der Waals surface area contributed by atoms with E-state index < -0.39 is 0 Å². The van der Waals surface area contributed by atoms with Crippen molar-refractivity contribution in [3.8, 4) is 5.75 Å². The van der Waals surface area contributed by atoms with Gasteiger partial charge in [-0.3, -0.25) is 0 Å². The molecule has 2 heteroatoms. The second-order valence-corrected chi connectivity index (χ2v) is 3.71. The van der Waals surface area contributed by atoms with E-state index in [1.807, 2.05) is 18.2 Å². The molecule has 1 aliphatic carbocycles. The summed E-state index contributed by atoms with van der Waals surface area (Å²) < 4.78 is 5.78. The lowest BCUT2D eigenvalue weighted by Gasteiger charge is -2.20. The van der Waals surface area contributed by atoms with Crippen LogP contribution in [0.1, 0.15) is 12.0 Å². The molecule has 3 rings (SSSR count). The summed E-state index contributed by atoms with van der Waals surface area (Å²) in [6.07, 6.45) is 9.36. The smallest absolute Gasteiger partial charge is 0.136 e. The quantitative estimate of drug-likeness (QED) is 0.649. The van der Waals surface area contributed by atoms with Gasteiger partial charge in [-0.2, -0.15) is 0 Å². The average Bonchev–Trinajstić information content (AvgIpc) is 2.26. The van der Waals surface area contributed by atoms with Crippen molar-refractivity contribution < 1.29 is 4.74 Å². The molecule has 1 aromatic carbocycles. The van der Waals surface area contributed by atoms with Crippen molar-refractivity contribution in [2.45, 2.75) is 6.42 Å². The number of allylic oxidation sites excluding steroid dienone is 3. The van der Waals surface area contributed by atoms with Crippen LogP contribution in [0.3, 0.4) is 0 Å². The van der Waals surface area contributed by atoms with Crippen LogP contribution in [-0.4, -0.2) is 0 Å². The summed E-state index contributed by atoms with van der Waals surface area (Å²) in [6.45, 7) is 0. The van der Waals surface area contributed by atoms with Crippen LogP contribution in [0.5, 0.6) is 5.75 Å². The van der Waals surface area contributed by atoms with E-state index in [1.54, 1.807) is 0 Å². The Bertz CT molecular complexity index is 509. The Kier molecular flexibility index (Phi) is 1.68. The average molecular weight is 197 g/mol. The summed E-state index contributed by atoms with van der Waals surface area (Å²) in [5.41, 5.74) is 8.67. The fourth-order valence-electron chi connectivity index (χ4n) is 1.83. The van der Waals surface area contributed by atoms with Crippen LogP contribution in [0, 0.1) is 0 Å². The number of nitrogen functional groups attached to an aromatic ring is 1. The molecule has 1 heterocycles. The Hall–Kier alpha value is -1.96. The summed E-state index contributed by atoms with van der Waals surface area (Å²) >= 11 is 0. The highest BCUT2D eigenvalue weighted by atomic mass is 16.5. The lowest BCUT2D eigenvalue weighted by molar-refractivity contribution is 0.431. The second kappa shape index (κ2) is 3.02. The van der Waals surface area contributed by atoms with Crippen LogP contribution in [0.15, 0.2) is 47.8 Å². The molecule has 15 heavy (non-hydrogen) atoms. The Morgan fingerprint density at radius 1 is 1.27 bits per heavy atom. The number of anilines is 1. The van der Waals surface area contributed by atoms with Gasteiger partial charge < -0.3 is 10.5 Å². The zero-order valence-corrected chi connectivity index (χ0v) is 8.23. The number of hydrogen-bond donors (Lipinski definition) is 1. The summed E-state index contributed by atoms with van der Waals surface area (Å²) in [6, 6.07) is 5.74. The monoisotopic (exact) mass is 197 g/mol. The molecule has 0 spiro atoms. The van der Waals surface area contributed by atoms with E-state index in [1.165, 1.54) is 0 Å². The van der Waals surface area contributed by atoms with Gasteiger partial charge >= 0.3 is 0 Å². The molecule has 0 amide bonds. The van der Waals surface area contributed by atoms with Crippen molar-refractivity contribution in [3.63, 3.8) is 0 Å². The first-order chi connectivity index (χ1) is 7.33. The van der Waals surface area contributed by atoms with Gasteiger partial charge in [0.2, 0.25) is 0 Å². The molecule has 74 valence electrons. The van der Waals surface area contributed by atoms with E-state index in [0.29, 0.717) is 0 Å². The molecule has 0 bridgehead atoms. The van der Waals surface area contributed by atoms with Crippen molar-refractivity contribution in [1.29, 1.82) is 0 Å². The van der Waals surface area contributed by atoms with Gasteiger partial charge in [-0.1, -0.05) is 12.2 Å². The van der Waals surface area contributed by atoms with Gasteiger partial charge in [-0.15, -0.1) is 0 Å². The largest absolute Gasteiger partial charge is 0.456 e. The molecule has 0 aromatic heterocycles.